The quantitative estimate of drug-likeness (QED) is 0.286. The highest BCUT2D eigenvalue weighted by Crippen LogP contribution is 2.41. The van der Waals surface area contributed by atoms with Gasteiger partial charge in [-0.3, -0.25) is 4.79 Å². The monoisotopic (exact) mass is 504 g/mol. The lowest BCUT2D eigenvalue weighted by atomic mass is 10.1. The zero-order chi connectivity index (χ0) is 24.8. The Labute approximate surface area is 207 Å². The van der Waals surface area contributed by atoms with E-state index in [1.54, 1.807) is 30.3 Å². The molecule has 9 nitrogen and oxygen atoms in total. The first-order valence-electron chi connectivity index (χ1n) is 9.82. The van der Waals surface area contributed by atoms with E-state index in [9.17, 15) is 4.79 Å². The summed E-state index contributed by atoms with van der Waals surface area (Å²) in [4.78, 5) is 13.4. The van der Waals surface area contributed by atoms with E-state index >= 15 is 0 Å². The molecule has 34 heavy (non-hydrogen) atoms. The minimum absolute atomic E-state index is 0.299. The topological polar surface area (TPSA) is 88.1 Å². The summed E-state index contributed by atoms with van der Waals surface area (Å²) in [6, 6.07) is 6.92. The van der Waals surface area contributed by atoms with Crippen LogP contribution in [0.5, 0.6) is 34.5 Å². The summed E-state index contributed by atoms with van der Waals surface area (Å²) in [7, 11) is 9.14. The van der Waals surface area contributed by atoms with E-state index < -0.39 is 0 Å². The molecule has 0 bridgehead atoms. The summed E-state index contributed by atoms with van der Waals surface area (Å²) in [5, 5.41) is 5.44. The average molecular weight is 505 g/mol. The van der Waals surface area contributed by atoms with Gasteiger partial charge in [-0.05, 0) is 48.1 Å². The van der Waals surface area contributed by atoms with Crippen LogP contribution >= 0.6 is 24.0 Å². The molecule has 0 unspecified atom stereocenters. The Balaban J connectivity index is 1.90. The van der Waals surface area contributed by atoms with E-state index in [4.69, 9.17) is 40.6 Å². The Morgan fingerprint density at radius 3 is 1.62 bits per heavy atom. The van der Waals surface area contributed by atoms with Gasteiger partial charge in [0.25, 0.3) is 5.91 Å². The summed E-state index contributed by atoms with van der Waals surface area (Å²) in [6.07, 6.45) is 3.19. The van der Waals surface area contributed by atoms with E-state index in [1.165, 1.54) is 48.9 Å². The van der Waals surface area contributed by atoms with Crippen LogP contribution in [0.3, 0.4) is 0 Å². The standard InChI is InChI=1S/C23H24N2O7S2/c1-27-15-7-13(8-16(28-2)20(15)31-5)11-19-22(26)25(23(33)34-19)24-12-14-9-17(29-3)21(32-6)18(10-14)30-4/h7-12H,1-6H3/b19-11-,24-12+. The fraction of sp³-hybridized carbons (Fsp3) is 0.261. The number of thioether (sulfide) groups is 1. The minimum Gasteiger partial charge on any atom is -0.493 e. The first-order chi connectivity index (χ1) is 16.4. The molecule has 1 amide bonds. The highest BCUT2D eigenvalue weighted by molar-refractivity contribution is 8.26. The molecule has 2 aromatic rings. The molecule has 1 saturated heterocycles. The molecule has 3 rings (SSSR count). The van der Waals surface area contributed by atoms with Crippen molar-refractivity contribution in [3.8, 4) is 34.5 Å². The van der Waals surface area contributed by atoms with Gasteiger partial charge >= 0.3 is 0 Å². The van der Waals surface area contributed by atoms with Gasteiger partial charge in [0.15, 0.2) is 27.3 Å². The van der Waals surface area contributed by atoms with Crippen molar-refractivity contribution in [3.63, 3.8) is 0 Å². The van der Waals surface area contributed by atoms with Gasteiger partial charge in [-0.2, -0.15) is 10.1 Å². The van der Waals surface area contributed by atoms with Crippen LogP contribution in [0.1, 0.15) is 11.1 Å². The molecule has 180 valence electrons. The maximum absolute atomic E-state index is 13.0. The van der Waals surface area contributed by atoms with Gasteiger partial charge in [0.1, 0.15) is 0 Å². The third kappa shape index (κ3) is 5.05. The number of hydrazone groups is 1. The van der Waals surface area contributed by atoms with E-state index in [-0.39, 0.29) is 5.91 Å². The van der Waals surface area contributed by atoms with Crippen molar-refractivity contribution in [2.75, 3.05) is 42.7 Å². The number of amides is 1. The Bertz CT molecular complexity index is 1110. The van der Waals surface area contributed by atoms with Crippen molar-refractivity contribution in [2.24, 2.45) is 5.10 Å². The lowest BCUT2D eigenvalue weighted by Gasteiger charge is -2.13. The van der Waals surface area contributed by atoms with Crippen molar-refractivity contribution >= 4 is 46.5 Å². The van der Waals surface area contributed by atoms with Crippen LogP contribution in [0, 0.1) is 0 Å². The van der Waals surface area contributed by atoms with Crippen LogP contribution in [0.4, 0.5) is 0 Å². The summed E-state index contributed by atoms with van der Waals surface area (Å²) >= 11 is 6.52. The number of hydrogen-bond acceptors (Lipinski definition) is 10. The highest BCUT2D eigenvalue weighted by Gasteiger charge is 2.32. The van der Waals surface area contributed by atoms with Gasteiger partial charge in [0.05, 0.1) is 53.8 Å². The van der Waals surface area contributed by atoms with E-state index in [1.807, 2.05) is 0 Å². The molecule has 0 saturated carbocycles. The van der Waals surface area contributed by atoms with Crippen LogP contribution in [-0.2, 0) is 4.79 Å². The summed E-state index contributed by atoms with van der Waals surface area (Å²) in [6.45, 7) is 0. The number of methoxy groups -OCH3 is 6. The van der Waals surface area contributed by atoms with Crippen molar-refractivity contribution < 1.29 is 33.2 Å². The molecule has 0 atom stereocenters. The van der Waals surface area contributed by atoms with Crippen molar-refractivity contribution in [1.29, 1.82) is 0 Å². The average Bonchev–Trinajstić information content (AvgIpc) is 3.12. The first kappa shape index (κ1) is 25.2. The zero-order valence-electron chi connectivity index (χ0n) is 19.5. The highest BCUT2D eigenvalue weighted by atomic mass is 32.2. The SMILES string of the molecule is COc1cc(/C=C2\SC(=S)N(/N=C/c3cc(OC)c(OC)c(OC)c3)C2=O)cc(OC)c1OC. The molecular formula is C23H24N2O7S2. The second kappa shape index (κ2) is 11.1. The molecule has 2 aromatic carbocycles. The van der Waals surface area contributed by atoms with Crippen LogP contribution in [0.15, 0.2) is 34.3 Å². The number of rotatable bonds is 9. The fourth-order valence-electron chi connectivity index (χ4n) is 3.20. The molecule has 0 aromatic heterocycles. The predicted octanol–water partition coefficient (Wildman–Crippen LogP) is 3.97. The van der Waals surface area contributed by atoms with Crippen LogP contribution in [0.25, 0.3) is 6.08 Å². The van der Waals surface area contributed by atoms with Gasteiger partial charge in [-0.15, -0.1) is 0 Å². The molecule has 0 aliphatic carbocycles. The van der Waals surface area contributed by atoms with Gasteiger partial charge in [0, 0.05) is 5.56 Å². The molecule has 0 N–H and O–H groups in total. The summed E-state index contributed by atoms with van der Waals surface area (Å²) in [5.74, 6) is 2.46. The van der Waals surface area contributed by atoms with Crippen molar-refractivity contribution in [1.82, 2.24) is 5.01 Å². The number of hydrogen-bond donors (Lipinski definition) is 0. The first-order valence-corrected chi connectivity index (χ1v) is 11.0. The Morgan fingerprint density at radius 1 is 0.765 bits per heavy atom. The lowest BCUT2D eigenvalue weighted by Crippen LogP contribution is -2.22. The van der Waals surface area contributed by atoms with E-state index in [2.05, 4.69) is 5.10 Å². The van der Waals surface area contributed by atoms with Gasteiger partial charge in [-0.25, -0.2) is 0 Å². The number of thiocarbonyl (C=S) groups is 1. The molecule has 1 aliphatic heterocycles. The van der Waals surface area contributed by atoms with Crippen LogP contribution in [0.2, 0.25) is 0 Å². The fourth-order valence-corrected chi connectivity index (χ4v) is 4.37. The second-order valence-corrected chi connectivity index (χ2v) is 8.33. The van der Waals surface area contributed by atoms with Gasteiger partial charge in [-0.1, -0.05) is 11.8 Å². The molecule has 1 aliphatic rings. The number of ether oxygens (including phenoxy) is 6. The van der Waals surface area contributed by atoms with E-state index in [0.717, 1.165) is 16.8 Å². The number of carbonyl (C=O) groups is 1. The van der Waals surface area contributed by atoms with E-state index in [0.29, 0.717) is 54.8 Å². The summed E-state index contributed by atoms with van der Waals surface area (Å²) in [5.41, 5.74) is 1.32. The number of nitrogens with zero attached hydrogens (tertiary/aromatic N) is 2. The Morgan fingerprint density at radius 2 is 1.21 bits per heavy atom. The molecule has 0 spiro atoms. The third-order valence-corrected chi connectivity index (χ3v) is 6.05. The largest absolute Gasteiger partial charge is 0.493 e. The van der Waals surface area contributed by atoms with Crippen LogP contribution in [-0.4, -0.2) is 64.1 Å². The molecule has 0 radical (unpaired) electrons. The maximum atomic E-state index is 13.0. The Hall–Kier alpha value is -3.44. The second-order valence-electron chi connectivity index (χ2n) is 6.66. The smallest absolute Gasteiger partial charge is 0.286 e. The van der Waals surface area contributed by atoms with Gasteiger partial charge < -0.3 is 28.4 Å². The Kier molecular flexibility index (Phi) is 8.24. The normalized spacial score (nSPS) is 14.6. The summed E-state index contributed by atoms with van der Waals surface area (Å²) < 4.78 is 32.4. The molecule has 11 heteroatoms. The van der Waals surface area contributed by atoms with Crippen LogP contribution < -0.4 is 28.4 Å². The van der Waals surface area contributed by atoms with Crippen molar-refractivity contribution in [3.05, 3.63) is 40.3 Å². The third-order valence-electron chi connectivity index (χ3n) is 4.77. The predicted molar refractivity (Wildman–Crippen MR) is 135 cm³/mol. The molecular weight excluding hydrogens is 480 g/mol. The molecule has 1 fully saturated rings. The number of carbonyl (C=O) groups excluding carboxylic acids is 1. The van der Waals surface area contributed by atoms with Crippen molar-refractivity contribution in [2.45, 2.75) is 0 Å². The van der Waals surface area contributed by atoms with Gasteiger partial charge in [0.2, 0.25) is 11.5 Å². The number of benzene rings is 2. The zero-order valence-corrected chi connectivity index (χ0v) is 21.2. The molecule has 1 heterocycles. The lowest BCUT2D eigenvalue weighted by molar-refractivity contribution is -0.122. The minimum atomic E-state index is -0.354. The maximum Gasteiger partial charge on any atom is 0.286 e.